The van der Waals surface area contributed by atoms with Crippen LogP contribution in [0.2, 0.25) is 0 Å². The molecular formula is C18H32F3N3. The molecule has 140 valence electrons. The fourth-order valence-electron chi connectivity index (χ4n) is 3.25. The van der Waals surface area contributed by atoms with Crippen molar-refractivity contribution in [2.24, 2.45) is 7.05 Å². The van der Waals surface area contributed by atoms with Gasteiger partial charge in [-0.15, -0.1) is 0 Å². The zero-order valence-electron chi connectivity index (χ0n) is 15.3. The molecule has 0 aliphatic rings. The van der Waals surface area contributed by atoms with Gasteiger partial charge >= 0.3 is 6.18 Å². The molecule has 0 aliphatic carbocycles. The third kappa shape index (κ3) is 6.02. The van der Waals surface area contributed by atoms with Gasteiger partial charge in [0.25, 0.3) is 0 Å². The molecule has 1 aromatic heterocycles. The van der Waals surface area contributed by atoms with Crippen LogP contribution in [0.4, 0.5) is 18.9 Å². The van der Waals surface area contributed by atoms with Crippen molar-refractivity contribution in [3.63, 3.8) is 0 Å². The summed E-state index contributed by atoms with van der Waals surface area (Å²) in [5.74, 6) is 0.0287. The van der Waals surface area contributed by atoms with E-state index in [2.05, 4.69) is 18.9 Å². The van der Waals surface area contributed by atoms with Crippen molar-refractivity contribution >= 4 is 5.69 Å². The number of nitrogens with two attached hydrogens (primary N) is 1. The summed E-state index contributed by atoms with van der Waals surface area (Å²) in [5, 5.41) is 4.15. The Hall–Kier alpha value is -1.20. The number of hydrogen-bond donors (Lipinski definition) is 1. The second-order valence-corrected chi connectivity index (χ2v) is 6.66. The topological polar surface area (TPSA) is 43.8 Å². The first kappa shape index (κ1) is 20.8. The minimum Gasteiger partial charge on any atom is -0.395 e. The number of rotatable bonds is 11. The second-order valence-electron chi connectivity index (χ2n) is 6.66. The first-order valence-electron chi connectivity index (χ1n) is 9.22. The van der Waals surface area contributed by atoms with Crippen LogP contribution in [0.1, 0.15) is 95.4 Å². The van der Waals surface area contributed by atoms with Crippen LogP contribution in [-0.2, 0) is 13.2 Å². The van der Waals surface area contributed by atoms with Crippen molar-refractivity contribution < 1.29 is 13.2 Å². The second kappa shape index (κ2) is 9.94. The van der Waals surface area contributed by atoms with Gasteiger partial charge in [-0.2, -0.15) is 18.3 Å². The molecule has 0 amide bonds. The molecule has 3 nitrogen and oxygen atoms in total. The Bertz CT molecular complexity index is 469. The predicted octanol–water partition coefficient (Wildman–Crippen LogP) is 6.05. The maximum Gasteiger partial charge on any atom is 0.435 e. The van der Waals surface area contributed by atoms with E-state index in [9.17, 15) is 13.2 Å². The number of unbranched alkanes of at least 4 members (excludes halogenated alkanes) is 6. The van der Waals surface area contributed by atoms with Gasteiger partial charge < -0.3 is 5.73 Å². The van der Waals surface area contributed by atoms with E-state index in [0.717, 1.165) is 68.9 Å². The molecule has 1 aromatic rings. The molecule has 0 radical (unpaired) electrons. The molecule has 0 aliphatic heterocycles. The van der Waals surface area contributed by atoms with E-state index in [1.54, 1.807) is 0 Å². The Morgan fingerprint density at radius 1 is 0.958 bits per heavy atom. The molecule has 0 fully saturated rings. The third-order valence-corrected chi connectivity index (χ3v) is 4.58. The van der Waals surface area contributed by atoms with Crippen LogP contribution in [0, 0.1) is 0 Å². The monoisotopic (exact) mass is 347 g/mol. The maximum absolute atomic E-state index is 13.2. The van der Waals surface area contributed by atoms with Crippen LogP contribution >= 0.6 is 0 Å². The number of nitrogen functional groups attached to an aromatic ring is 1. The van der Waals surface area contributed by atoms with Gasteiger partial charge in [0.2, 0.25) is 0 Å². The molecule has 1 heterocycles. The Labute approximate surface area is 143 Å². The largest absolute Gasteiger partial charge is 0.435 e. The van der Waals surface area contributed by atoms with Crippen LogP contribution < -0.4 is 5.73 Å². The smallest absolute Gasteiger partial charge is 0.395 e. The summed E-state index contributed by atoms with van der Waals surface area (Å²) in [5.41, 5.74) is 5.30. The van der Waals surface area contributed by atoms with Gasteiger partial charge in [0.15, 0.2) is 5.69 Å². The fraction of sp³-hybridized carbons (Fsp3) is 0.833. The highest BCUT2D eigenvalue weighted by atomic mass is 19.4. The summed E-state index contributed by atoms with van der Waals surface area (Å²) in [6, 6.07) is 0. The fourth-order valence-corrected chi connectivity index (χ4v) is 3.25. The highest BCUT2D eigenvalue weighted by Gasteiger charge is 2.39. The minimum atomic E-state index is -4.46. The van der Waals surface area contributed by atoms with Crippen LogP contribution in [0.5, 0.6) is 0 Å². The molecule has 2 N–H and O–H groups in total. The van der Waals surface area contributed by atoms with Gasteiger partial charge in [0.1, 0.15) is 0 Å². The van der Waals surface area contributed by atoms with E-state index in [-0.39, 0.29) is 11.6 Å². The van der Waals surface area contributed by atoms with Gasteiger partial charge in [-0.05, 0) is 12.8 Å². The van der Waals surface area contributed by atoms with E-state index < -0.39 is 11.9 Å². The van der Waals surface area contributed by atoms with Crippen molar-refractivity contribution in [1.82, 2.24) is 9.78 Å². The molecule has 0 saturated carbocycles. The highest BCUT2D eigenvalue weighted by molar-refractivity contribution is 5.51. The zero-order chi connectivity index (χ0) is 18.2. The van der Waals surface area contributed by atoms with Crippen LogP contribution in [0.25, 0.3) is 0 Å². The Balaban J connectivity index is 2.88. The third-order valence-electron chi connectivity index (χ3n) is 4.58. The summed E-state index contributed by atoms with van der Waals surface area (Å²) >= 11 is 0. The number of halogens is 3. The molecule has 0 bridgehead atoms. The predicted molar refractivity (Wildman–Crippen MR) is 92.9 cm³/mol. The lowest BCUT2D eigenvalue weighted by Crippen LogP contribution is -2.13. The van der Waals surface area contributed by atoms with Gasteiger partial charge in [-0.1, -0.05) is 65.2 Å². The summed E-state index contributed by atoms with van der Waals surface area (Å²) in [7, 11) is 1.33. The molecule has 0 saturated heterocycles. The number of anilines is 1. The lowest BCUT2D eigenvalue weighted by Gasteiger charge is -2.16. The van der Waals surface area contributed by atoms with Gasteiger partial charge in [0, 0.05) is 13.0 Å². The quantitative estimate of drug-likeness (QED) is 0.495. The number of nitrogens with zero attached hydrogens (tertiary/aromatic N) is 2. The Kier molecular flexibility index (Phi) is 8.63. The van der Waals surface area contributed by atoms with Gasteiger partial charge in [-0.3, -0.25) is 4.68 Å². The maximum atomic E-state index is 13.2. The highest BCUT2D eigenvalue weighted by Crippen LogP contribution is 2.39. The molecule has 0 aromatic carbocycles. The van der Waals surface area contributed by atoms with Crippen molar-refractivity contribution in [2.75, 3.05) is 5.73 Å². The van der Waals surface area contributed by atoms with Crippen molar-refractivity contribution in [3.8, 4) is 0 Å². The molecule has 0 spiro atoms. The van der Waals surface area contributed by atoms with E-state index in [1.807, 2.05) is 0 Å². The summed E-state index contributed by atoms with van der Waals surface area (Å²) in [4.78, 5) is 0. The lowest BCUT2D eigenvalue weighted by molar-refractivity contribution is -0.143. The van der Waals surface area contributed by atoms with E-state index >= 15 is 0 Å². The molecular weight excluding hydrogens is 315 g/mol. The van der Waals surface area contributed by atoms with Crippen molar-refractivity contribution in [2.45, 2.75) is 90.1 Å². The molecule has 0 unspecified atom stereocenters. The normalized spacial score (nSPS) is 12.3. The van der Waals surface area contributed by atoms with Crippen LogP contribution in [-0.4, -0.2) is 9.78 Å². The van der Waals surface area contributed by atoms with E-state index in [0.29, 0.717) is 5.69 Å². The SMILES string of the molecule is CCCCCCC(CCCCCC)c1nn(C)c(C(F)(F)F)c1N. The van der Waals surface area contributed by atoms with Crippen LogP contribution in [0.15, 0.2) is 0 Å². The minimum absolute atomic E-state index is 0.0287. The zero-order valence-corrected chi connectivity index (χ0v) is 15.3. The Morgan fingerprint density at radius 3 is 1.83 bits per heavy atom. The van der Waals surface area contributed by atoms with Crippen molar-refractivity contribution in [1.29, 1.82) is 0 Å². The summed E-state index contributed by atoms with van der Waals surface area (Å²) in [6.45, 7) is 4.29. The molecule has 0 atom stereocenters. The van der Waals surface area contributed by atoms with Crippen molar-refractivity contribution in [3.05, 3.63) is 11.4 Å². The lowest BCUT2D eigenvalue weighted by atomic mass is 9.91. The summed E-state index contributed by atoms with van der Waals surface area (Å²) < 4.78 is 40.3. The van der Waals surface area contributed by atoms with E-state index in [4.69, 9.17) is 5.73 Å². The number of hydrogen-bond acceptors (Lipinski definition) is 2. The van der Waals surface area contributed by atoms with Gasteiger partial charge in [0.05, 0.1) is 11.4 Å². The number of aryl methyl sites for hydroxylation is 1. The molecule has 6 heteroatoms. The molecule has 24 heavy (non-hydrogen) atoms. The average Bonchev–Trinajstić information content (AvgIpc) is 2.80. The molecule has 1 rings (SSSR count). The Morgan fingerprint density at radius 2 is 1.46 bits per heavy atom. The number of aromatic nitrogens is 2. The van der Waals surface area contributed by atoms with Gasteiger partial charge in [-0.25, -0.2) is 0 Å². The first-order valence-corrected chi connectivity index (χ1v) is 9.22. The first-order chi connectivity index (χ1) is 11.3. The number of alkyl halides is 3. The summed E-state index contributed by atoms with van der Waals surface area (Å²) in [6.07, 6.45) is 6.14. The van der Waals surface area contributed by atoms with E-state index in [1.165, 1.54) is 7.05 Å². The van der Waals surface area contributed by atoms with Crippen LogP contribution in [0.3, 0.4) is 0 Å². The standard InChI is InChI=1S/C18H32F3N3/c1-4-6-8-10-12-14(13-11-9-7-5-2)16-15(22)17(18(19,20)21)24(3)23-16/h14H,4-13,22H2,1-3H3. The average molecular weight is 347 g/mol.